The first-order chi connectivity index (χ1) is 12.9. The molecule has 1 aromatic heterocycles. The highest BCUT2D eigenvalue weighted by Gasteiger charge is 2.25. The number of aromatic nitrogens is 2. The topological polar surface area (TPSA) is 58.4 Å². The van der Waals surface area contributed by atoms with Crippen LogP contribution in [0, 0.1) is 0 Å². The molecule has 0 saturated carbocycles. The van der Waals surface area contributed by atoms with Gasteiger partial charge in [0.15, 0.2) is 0 Å². The van der Waals surface area contributed by atoms with E-state index < -0.39 is 0 Å². The van der Waals surface area contributed by atoms with E-state index in [0.29, 0.717) is 44.1 Å². The molecule has 1 fully saturated rings. The molecule has 0 spiro atoms. The number of rotatable bonds is 5. The van der Waals surface area contributed by atoms with Crippen LogP contribution in [0.4, 0.5) is 0 Å². The van der Waals surface area contributed by atoms with Crippen molar-refractivity contribution in [1.82, 2.24) is 19.4 Å². The van der Waals surface area contributed by atoms with E-state index >= 15 is 0 Å². The lowest BCUT2D eigenvalue weighted by Crippen LogP contribution is -2.50. The van der Waals surface area contributed by atoms with Gasteiger partial charge in [0, 0.05) is 51.1 Å². The van der Waals surface area contributed by atoms with Crippen LogP contribution < -0.4 is 0 Å². The minimum Gasteiger partial charge on any atom is -0.339 e. The summed E-state index contributed by atoms with van der Waals surface area (Å²) in [4.78, 5) is 33.5. The molecule has 2 aromatic rings. The van der Waals surface area contributed by atoms with E-state index in [0.717, 1.165) is 29.7 Å². The molecule has 1 aliphatic heterocycles. The van der Waals surface area contributed by atoms with Crippen molar-refractivity contribution in [2.45, 2.75) is 46.0 Å². The minimum absolute atomic E-state index is 0.0225. The normalized spacial score (nSPS) is 15.0. The predicted octanol–water partition coefficient (Wildman–Crippen LogP) is 3.17. The van der Waals surface area contributed by atoms with Crippen LogP contribution in [-0.2, 0) is 11.8 Å². The molecule has 0 bridgehead atoms. The van der Waals surface area contributed by atoms with E-state index in [1.165, 1.54) is 0 Å². The predicted molar refractivity (Wildman–Crippen MR) is 107 cm³/mol. The first kappa shape index (κ1) is 19.4. The highest BCUT2D eigenvalue weighted by Crippen LogP contribution is 2.22. The number of nitrogens with zero attached hydrogens (tertiary/aromatic N) is 4. The van der Waals surface area contributed by atoms with Crippen LogP contribution in [0.25, 0.3) is 11.0 Å². The monoisotopic (exact) mass is 370 g/mol. The van der Waals surface area contributed by atoms with E-state index in [9.17, 15) is 9.59 Å². The summed E-state index contributed by atoms with van der Waals surface area (Å²) in [7, 11) is 2.01. The van der Waals surface area contributed by atoms with Crippen LogP contribution in [-0.4, -0.2) is 57.3 Å². The maximum atomic E-state index is 12.9. The average molecular weight is 370 g/mol. The molecule has 0 aliphatic carbocycles. The molecule has 0 radical (unpaired) electrons. The Bertz CT molecular complexity index is 832. The average Bonchev–Trinajstić information content (AvgIpc) is 3.02. The van der Waals surface area contributed by atoms with Gasteiger partial charge in [-0.2, -0.15) is 0 Å². The summed E-state index contributed by atoms with van der Waals surface area (Å²) in [5.41, 5.74) is 2.57. The van der Waals surface area contributed by atoms with Crippen molar-refractivity contribution >= 4 is 22.8 Å². The molecule has 0 N–H and O–H groups in total. The maximum absolute atomic E-state index is 12.9. The van der Waals surface area contributed by atoms with E-state index in [-0.39, 0.29) is 11.8 Å². The fourth-order valence-corrected chi connectivity index (χ4v) is 3.70. The summed E-state index contributed by atoms with van der Waals surface area (Å²) in [6.07, 6.45) is 2.57. The largest absolute Gasteiger partial charge is 0.339 e. The van der Waals surface area contributed by atoms with E-state index in [2.05, 4.69) is 25.3 Å². The van der Waals surface area contributed by atoms with Gasteiger partial charge in [0.25, 0.3) is 5.91 Å². The highest BCUT2D eigenvalue weighted by atomic mass is 16.2. The lowest BCUT2D eigenvalue weighted by molar-refractivity contribution is -0.132. The smallest absolute Gasteiger partial charge is 0.254 e. The summed E-state index contributed by atoms with van der Waals surface area (Å²) in [6, 6.07) is 5.75. The SMILES string of the molecule is CCCCC(=O)N1CCN(C(=O)c2ccc3c(c2)nc(C(C)C)n3C)CC1. The molecule has 6 heteroatoms. The highest BCUT2D eigenvalue weighted by molar-refractivity contribution is 5.97. The van der Waals surface area contributed by atoms with Crippen molar-refractivity contribution in [3.63, 3.8) is 0 Å². The second-order valence-corrected chi connectivity index (χ2v) is 7.66. The zero-order chi connectivity index (χ0) is 19.6. The Hall–Kier alpha value is -2.37. The van der Waals surface area contributed by atoms with E-state index in [1.807, 2.05) is 35.0 Å². The van der Waals surface area contributed by atoms with Crippen molar-refractivity contribution in [1.29, 1.82) is 0 Å². The van der Waals surface area contributed by atoms with Crippen molar-refractivity contribution in [2.75, 3.05) is 26.2 Å². The first-order valence-corrected chi connectivity index (χ1v) is 9.95. The van der Waals surface area contributed by atoms with Gasteiger partial charge in [0.2, 0.25) is 5.91 Å². The molecule has 0 atom stereocenters. The number of carbonyl (C=O) groups excluding carboxylic acids is 2. The molecular formula is C21H30N4O2. The van der Waals surface area contributed by atoms with Gasteiger partial charge < -0.3 is 14.4 Å². The van der Waals surface area contributed by atoms with Crippen LogP contribution in [0.5, 0.6) is 0 Å². The molecular weight excluding hydrogens is 340 g/mol. The molecule has 1 saturated heterocycles. The first-order valence-electron chi connectivity index (χ1n) is 9.95. The van der Waals surface area contributed by atoms with Gasteiger partial charge in [0.1, 0.15) is 5.82 Å². The third kappa shape index (κ3) is 3.99. The number of amides is 2. The number of unbranched alkanes of at least 4 members (excludes halogenated alkanes) is 1. The van der Waals surface area contributed by atoms with Crippen molar-refractivity contribution in [3.05, 3.63) is 29.6 Å². The number of piperazine rings is 1. The lowest BCUT2D eigenvalue weighted by Gasteiger charge is -2.35. The molecule has 1 aliphatic rings. The van der Waals surface area contributed by atoms with Gasteiger partial charge in [-0.25, -0.2) is 4.98 Å². The number of hydrogen-bond donors (Lipinski definition) is 0. The van der Waals surface area contributed by atoms with Crippen LogP contribution in [0.15, 0.2) is 18.2 Å². The fraction of sp³-hybridized carbons (Fsp3) is 0.571. The summed E-state index contributed by atoms with van der Waals surface area (Å²) in [6.45, 7) is 8.76. The summed E-state index contributed by atoms with van der Waals surface area (Å²) in [5.74, 6) is 1.59. The molecule has 6 nitrogen and oxygen atoms in total. The number of aryl methyl sites for hydroxylation is 1. The van der Waals surface area contributed by atoms with Crippen molar-refractivity contribution in [3.8, 4) is 0 Å². The second kappa shape index (κ2) is 8.11. The Morgan fingerprint density at radius 3 is 2.41 bits per heavy atom. The van der Waals surface area contributed by atoms with Crippen LogP contribution in [0.2, 0.25) is 0 Å². The number of carbonyl (C=O) groups is 2. The van der Waals surface area contributed by atoms with Gasteiger partial charge in [-0.3, -0.25) is 9.59 Å². The molecule has 2 amide bonds. The summed E-state index contributed by atoms with van der Waals surface area (Å²) < 4.78 is 2.09. The van der Waals surface area contributed by atoms with Crippen LogP contribution in [0.3, 0.4) is 0 Å². The third-order valence-electron chi connectivity index (χ3n) is 5.34. The standard InChI is InChI=1S/C21H30N4O2/c1-5-6-7-19(26)24-10-12-25(13-11-24)21(27)16-8-9-18-17(14-16)22-20(15(2)3)23(18)4/h8-9,14-15H,5-7,10-13H2,1-4H3. The Kier molecular flexibility index (Phi) is 5.82. The fourth-order valence-electron chi connectivity index (χ4n) is 3.70. The molecule has 1 aromatic carbocycles. The van der Waals surface area contributed by atoms with Gasteiger partial charge in [-0.1, -0.05) is 27.2 Å². The molecule has 2 heterocycles. The third-order valence-corrected chi connectivity index (χ3v) is 5.34. The number of hydrogen-bond acceptors (Lipinski definition) is 3. The quantitative estimate of drug-likeness (QED) is 0.812. The Balaban J connectivity index is 1.69. The molecule has 27 heavy (non-hydrogen) atoms. The zero-order valence-electron chi connectivity index (χ0n) is 16.9. The lowest BCUT2D eigenvalue weighted by atomic mass is 10.1. The van der Waals surface area contributed by atoms with Gasteiger partial charge in [0.05, 0.1) is 11.0 Å². The maximum Gasteiger partial charge on any atom is 0.254 e. The zero-order valence-corrected chi connectivity index (χ0v) is 16.9. The second-order valence-electron chi connectivity index (χ2n) is 7.66. The van der Waals surface area contributed by atoms with Crippen LogP contribution >= 0.6 is 0 Å². The van der Waals surface area contributed by atoms with Gasteiger partial charge in [-0.15, -0.1) is 0 Å². The van der Waals surface area contributed by atoms with Crippen molar-refractivity contribution in [2.24, 2.45) is 7.05 Å². The molecule has 146 valence electrons. The van der Waals surface area contributed by atoms with Gasteiger partial charge in [-0.05, 0) is 24.6 Å². The van der Waals surface area contributed by atoms with Crippen molar-refractivity contribution < 1.29 is 9.59 Å². The Labute approximate surface area is 161 Å². The summed E-state index contributed by atoms with van der Waals surface area (Å²) in [5, 5.41) is 0. The minimum atomic E-state index is 0.0225. The number of imidazole rings is 1. The summed E-state index contributed by atoms with van der Waals surface area (Å²) >= 11 is 0. The molecule has 0 unspecified atom stereocenters. The van der Waals surface area contributed by atoms with E-state index in [1.54, 1.807) is 0 Å². The molecule has 3 rings (SSSR count). The Morgan fingerprint density at radius 1 is 1.11 bits per heavy atom. The number of fused-ring (bicyclic) bond motifs is 1. The Morgan fingerprint density at radius 2 is 1.78 bits per heavy atom. The van der Waals surface area contributed by atoms with E-state index in [4.69, 9.17) is 4.98 Å². The number of benzene rings is 1. The van der Waals surface area contributed by atoms with Gasteiger partial charge >= 0.3 is 0 Å². The van der Waals surface area contributed by atoms with Crippen LogP contribution in [0.1, 0.15) is 62.1 Å².